The zero-order valence-electron chi connectivity index (χ0n) is 21.0. The molecular formula is C28H22F2N8OS. The minimum atomic E-state index is -0.551. The summed E-state index contributed by atoms with van der Waals surface area (Å²) in [5, 5.41) is 9.85. The Hall–Kier alpha value is -4.58. The van der Waals surface area contributed by atoms with Gasteiger partial charge >= 0.3 is 0 Å². The van der Waals surface area contributed by atoms with E-state index in [4.69, 9.17) is 0 Å². The van der Waals surface area contributed by atoms with Crippen LogP contribution in [0.15, 0.2) is 49.1 Å². The van der Waals surface area contributed by atoms with E-state index in [1.807, 2.05) is 0 Å². The van der Waals surface area contributed by atoms with Gasteiger partial charge < -0.3 is 10.3 Å². The number of aromatic nitrogens is 7. The Labute approximate surface area is 230 Å². The fourth-order valence-corrected chi connectivity index (χ4v) is 5.99. The van der Waals surface area contributed by atoms with E-state index in [0.29, 0.717) is 38.7 Å². The molecule has 0 saturated heterocycles. The van der Waals surface area contributed by atoms with Gasteiger partial charge in [-0.3, -0.25) is 19.9 Å². The third-order valence-electron chi connectivity index (χ3n) is 7.25. The second-order valence-electron chi connectivity index (χ2n) is 9.81. The minimum absolute atomic E-state index is 0.0148. The van der Waals surface area contributed by atoms with Crippen LogP contribution in [-0.4, -0.2) is 41.0 Å². The van der Waals surface area contributed by atoms with Gasteiger partial charge in [0.25, 0.3) is 0 Å². The van der Waals surface area contributed by atoms with E-state index in [-0.39, 0.29) is 39.2 Å². The molecule has 40 heavy (non-hydrogen) atoms. The Bertz CT molecular complexity index is 1890. The SMILES string of the molecule is O=C(Nc1cncc(-c2cnc3[nH]nc(-c4nc5c(-c6ccc(F)s6)nccc5[nH]4)c3c2F)c1)C1CCCCC1. The molecule has 1 aliphatic rings. The number of imidazole rings is 1. The maximum Gasteiger partial charge on any atom is 0.227 e. The molecule has 0 atom stereocenters. The number of carbonyl (C=O) groups excluding carboxylic acids is 1. The molecule has 0 radical (unpaired) electrons. The summed E-state index contributed by atoms with van der Waals surface area (Å²) < 4.78 is 29.8. The monoisotopic (exact) mass is 556 g/mol. The van der Waals surface area contributed by atoms with Crippen LogP contribution in [0.3, 0.4) is 0 Å². The first kappa shape index (κ1) is 24.5. The van der Waals surface area contributed by atoms with Crippen LogP contribution >= 0.6 is 11.3 Å². The molecule has 0 aliphatic heterocycles. The molecule has 9 nitrogen and oxygen atoms in total. The number of amides is 1. The number of thiophene rings is 1. The largest absolute Gasteiger partial charge is 0.336 e. The molecule has 1 aliphatic carbocycles. The lowest BCUT2D eigenvalue weighted by Crippen LogP contribution is -2.24. The second kappa shape index (κ2) is 9.87. The number of halogens is 2. The molecule has 7 rings (SSSR count). The van der Waals surface area contributed by atoms with Crippen LogP contribution in [0.5, 0.6) is 0 Å². The summed E-state index contributed by atoms with van der Waals surface area (Å²) >= 11 is 0.973. The van der Waals surface area contributed by atoms with Gasteiger partial charge in [-0.1, -0.05) is 19.3 Å². The summed E-state index contributed by atoms with van der Waals surface area (Å²) in [5.74, 6) is -0.282. The van der Waals surface area contributed by atoms with Gasteiger partial charge in [-0.05, 0) is 37.1 Å². The smallest absolute Gasteiger partial charge is 0.227 e. The van der Waals surface area contributed by atoms with Gasteiger partial charge in [-0.2, -0.15) is 9.49 Å². The van der Waals surface area contributed by atoms with Gasteiger partial charge in [0.2, 0.25) is 5.91 Å². The number of nitrogens with one attached hydrogen (secondary N) is 3. The predicted octanol–water partition coefficient (Wildman–Crippen LogP) is 6.48. The van der Waals surface area contributed by atoms with Crippen LogP contribution in [0.25, 0.3) is 55.3 Å². The highest BCUT2D eigenvalue weighted by atomic mass is 32.1. The molecule has 12 heteroatoms. The third-order valence-corrected chi connectivity index (χ3v) is 8.13. The number of nitrogens with zero attached hydrogens (tertiary/aromatic N) is 5. The van der Waals surface area contributed by atoms with Gasteiger partial charge in [0, 0.05) is 35.6 Å². The molecule has 0 bridgehead atoms. The van der Waals surface area contributed by atoms with Crippen LogP contribution in [0.2, 0.25) is 0 Å². The van der Waals surface area contributed by atoms with Crippen molar-refractivity contribution < 1.29 is 13.6 Å². The Kier molecular flexibility index (Phi) is 6.03. The minimum Gasteiger partial charge on any atom is -0.336 e. The topological polar surface area (TPSA) is 125 Å². The van der Waals surface area contributed by atoms with Gasteiger partial charge in [-0.15, -0.1) is 11.3 Å². The van der Waals surface area contributed by atoms with Crippen LogP contribution < -0.4 is 5.32 Å². The van der Waals surface area contributed by atoms with Crippen molar-refractivity contribution >= 4 is 45.0 Å². The lowest BCUT2D eigenvalue weighted by Gasteiger charge is -2.20. The number of anilines is 1. The summed E-state index contributed by atoms with van der Waals surface area (Å²) in [6.07, 6.45) is 11.1. The number of H-pyrrole nitrogens is 2. The number of hydrogen-bond acceptors (Lipinski definition) is 7. The van der Waals surface area contributed by atoms with Crippen molar-refractivity contribution in [3.05, 3.63) is 60.0 Å². The third kappa shape index (κ3) is 4.30. The van der Waals surface area contributed by atoms with Gasteiger partial charge in [-0.25, -0.2) is 14.4 Å². The highest BCUT2D eigenvalue weighted by Crippen LogP contribution is 2.35. The molecular weight excluding hydrogens is 534 g/mol. The molecule has 1 saturated carbocycles. The van der Waals surface area contributed by atoms with Gasteiger partial charge in [0.05, 0.1) is 27.7 Å². The van der Waals surface area contributed by atoms with E-state index in [9.17, 15) is 9.18 Å². The Balaban J connectivity index is 1.26. The van der Waals surface area contributed by atoms with Crippen molar-refractivity contribution in [2.75, 3.05) is 5.32 Å². The summed E-state index contributed by atoms with van der Waals surface area (Å²) in [6.45, 7) is 0. The van der Waals surface area contributed by atoms with E-state index in [1.54, 1.807) is 30.6 Å². The molecule has 6 aromatic rings. The van der Waals surface area contributed by atoms with Crippen molar-refractivity contribution in [2.45, 2.75) is 32.1 Å². The van der Waals surface area contributed by atoms with Crippen LogP contribution in [0.4, 0.5) is 14.5 Å². The lowest BCUT2D eigenvalue weighted by molar-refractivity contribution is -0.120. The van der Waals surface area contributed by atoms with Crippen LogP contribution in [-0.2, 0) is 4.79 Å². The molecule has 0 unspecified atom stereocenters. The van der Waals surface area contributed by atoms with Crippen molar-refractivity contribution in [3.8, 4) is 33.2 Å². The van der Waals surface area contributed by atoms with Crippen molar-refractivity contribution in [1.29, 1.82) is 0 Å². The summed E-state index contributed by atoms with van der Waals surface area (Å²) in [6, 6.07) is 6.46. The van der Waals surface area contributed by atoms with Crippen molar-refractivity contribution in [2.24, 2.45) is 5.92 Å². The molecule has 3 N–H and O–H groups in total. The molecule has 1 fully saturated rings. The fourth-order valence-electron chi connectivity index (χ4n) is 5.26. The Morgan fingerprint density at radius 2 is 1.90 bits per heavy atom. The standard InChI is InChI=1S/C28H22F2N8OS/c29-20-7-6-19(40-20)24-23-18(8-9-32-24)35-27(36-23)25-21-22(30)17(13-33-26(21)38-37-25)15-10-16(12-31-11-15)34-28(39)14-4-2-1-3-5-14/h6-14H,1-5H2,(H,34,39)(H,35,36)(H,33,37,38). The maximum absolute atomic E-state index is 16.1. The summed E-state index contributed by atoms with van der Waals surface area (Å²) in [4.78, 5) is 34.2. The second-order valence-corrected chi connectivity index (χ2v) is 10.8. The maximum atomic E-state index is 16.1. The highest BCUT2D eigenvalue weighted by molar-refractivity contribution is 7.13. The number of pyridine rings is 3. The zero-order valence-corrected chi connectivity index (χ0v) is 21.9. The number of hydrogen-bond donors (Lipinski definition) is 3. The quantitative estimate of drug-likeness (QED) is 0.223. The van der Waals surface area contributed by atoms with Crippen LogP contribution in [0, 0.1) is 16.9 Å². The van der Waals surface area contributed by atoms with Gasteiger partial charge in [0.15, 0.2) is 16.6 Å². The normalized spacial score (nSPS) is 14.2. The molecule has 0 spiro atoms. The average Bonchev–Trinajstić information content (AvgIpc) is 3.72. The van der Waals surface area contributed by atoms with E-state index in [0.717, 1.165) is 43.4 Å². The number of aromatic amines is 2. The molecule has 1 amide bonds. The van der Waals surface area contributed by atoms with Gasteiger partial charge in [0.1, 0.15) is 22.7 Å². The first-order chi connectivity index (χ1) is 19.5. The van der Waals surface area contributed by atoms with E-state index < -0.39 is 5.82 Å². The summed E-state index contributed by atoms with van der Waals surface area (Å²) in [5.41, 5.74) is 3.38. The zero-order chi connectivity index (χ0) is 27.2. The Morgan fingerprint density at radius 1 is 1.02 bits per heavy atom. The highest BCUT2D eigenvalue weighted by Gasteiger charge is 2.23. The van der Waals surface area contributed by atoms with E-state index in [2.05, 4.69) is 40.4 Å². The summed E-state index contributed by atoms with van der Waals surface area (Å²) in [7, 11) is 0. The molecule has 0 aromatic carbocycles. The van der Waals surface area contributed by atoms with E-state index >= 15 is 4.39 Å². The number of carbonyl (C=O) groups is 1. The number of rotatable bonds is 5. The van der Waals surface area contributed by atoms with Crippen molar-refractivity contribution in [1.82, 2.24) is 35.1 Å². The average molecular weight is 557 g/mol. The first-order valence-electron chi connectivity index (χ1n) is 12.9. The molecule has 200 valence electrons. The first-order valence-corrected chi connectivity index (χ1v) is 13.8. The molecule has 6 aromatic heterocycles. The number of fused-ring (bicyclic) bond motifs is 2. The Morgan fingerprint density at radius 3 is 2.73 bits per heavy atom. The fraction of sp³-hybridized carbons (Fsp3) is 0.214. The lowest BCUT2D eigenvalue weighted by atomic mass is 9.88. The van der Waals surface area contributed by atoms with Crippen molar-refractivity contribution in [3.63, 3.8) is 0 Å². The van der Waals surface area contributed by atoms with E-state index in [1.165, 1.54) is 18.5 Å². The molecule has 6 heterocycles. The predicted molar refractivity (Wildman–Crippen MR) is 148 cm³/mol. The van der Waals surface area contributed by atoms with Crippen LogP contribution in [0.1, 0.15) is 32.1 Å².